The van der Waals surface area contributed by atoms with E-state index in [1.807, 2.05) is 0 Å². The second-order valence-electron chi connectivity index (χ2n) is 5.08. The van der Waals surface area contributed by atoms with Gasteiger partial charge in [0.25, 0.3) is 0 Å². The first-order chi connectivity index (χ1) is 8.24. The molecule has 2 atom stereocenters. The first-order valence-corrected chi connectivity index (χ1v) is 6.28. The molecule has 2 fully saturated rings. The Labute approximate surface area is 102 Å². The van der Waals surface area contributed by atoms with E-state index in [2.05, 4.69) is 26.8 Å². The maximum atomic E-state index is 5.57. The largest absolute Gasteiger partial charge is 0.382 e. The lowest BCUT2D eigenvalue weighted by Crippen LogP contribution is -2.37. The Morgan fingerprint density at radius 3 is 2.76 bits per heavy atom. The van der Waals surface area contributed by atoms with E-state index in [9.17, 15) is 0 Å². The van der Waals surface area contributed by atoms with Gasteiger partial charge < -0.3 is 10.6 Å². The van der Waals surface area contributed by atoms with E-state index in [4.69, 9.17) is 5.73 Å². The van der Waals surface area contributed by atoms with Crippen LogP contribution in [-0.2, 0) is 0 Å². The molecule has 2 aliphatic rings. The molecular weight excluding hydrogens is 214 g/mol. The lowest BCUT2D eigenvalue weighted by Gasteiger charge is -2.26. The molecule has 2 unspecified atom stereocenters. The van der Waals surface area contributed by atoms with Crippen molar-refractivity contribution in [2.45, 2.75) is 31.3 Å². The fourth-order valence-electron chi connectivity index (χ4n) is 3.01. The van der Waals surface area contributed by atoms with Crippen LogP contribution in [0.2, 0.25) is 0 Å². The third-order valence-electron chi connectivity index (χ3n) is 4.13. The van der Waals surface area contributed by atoms with Crippen LogP contribution < -0.4 is 10.6 Å². The van der Waals surface area contributed by atoms with Crippen LogP contribution in [0, 0.1) is 0 Å². The van der Waals surface area contributed by atoms with Gasteiger partial charge in [0.1, 0.15) is 11.6 Å². The summed E-state index contributed by atoms with van der Waals surface area (Å²) < 4.78 is 0. The van der Waals surface area contributed by atoms with Crippen LogP contribution in [0.15, 0.2) is 12.4 Å². The molecule has 92 valence electrons. The third-order valence-corrected chi connectivity index (χ3v) is 4.13. The van der Waals surface area contributed by atoms with Gasteiger partial charge >= 0.3 is 0 Å². The van der Waals surface area contributed by atoms with Crippen LogP contribution in [0.25, 0.3) is 0 Å². The van der Waals surface area contributed by atoms with E-state index < -0.39 is 0 Å². The molecule has 5 nitrogen and oxygen atoms in total. The highest BCUT2D eigenvalue weighted by molar-refractivity contribution is 5.40. The predicted octanol–water partition coefficient (Wildman–Crippen LogP) is 0.732. The van der Waals surface area contributed by atoms with E-state index in [0.717, 1.165) is 24.9 Å². The first kappa shape index (κ1) is 10.8. The number of likely N-dealkylation sites (N-methyl/N-ethyl adjacent to an activating group) is 1. The maximum absolute atomic E-state index is 5.57. The fourth-order valence-corrected chi connectivity index (χ4v) is 3.01. The molecule has 0 radical (unpaired) electrons. The normalized spacial score (nSPS) is 29.4. The average Bonchev–Trinajstić information content (AvgIpc) is 2.55. The van der Waals surface area contributed by atoms with Crippen LogP contribution in [0.1, 0.15) is 19.3 Å². The number of hydrogen-bond donors (Lipinski definition) is 1. The number of aromatic nitrogens is 2. The Hall–Kier alpha value is -1.36. The van der Waals surface area contributed by atoms with E-state index >= 15 is 0 Å². The van der Waals surface area contributed by atoms with Crippen molar-refractivity contribution in [2.24, 2.45) is 0 Å². The van der Waals surface area contributed by atoms with Crippen LogP contribution in [0.3, 0.4) is 0 Å². The minimum absolute atomic E-state index is 0.488. The van der Waals surface area contributed by atoms with Crippen molar-refractivity contribution < 1.29 is 0 Å². The predicted molar refractivity (Wildman–Crippen MR) is 67.8 cm³/mol. The molecule has 3 rings (SSSR count). The number of anilines is 2. The molecule has 0 saturated carbocycles. The Morgan fingerprint density at radius 1 is 1.18 bits per heavy atom. The van der Waals surface area contributed by atoms with E-state index in [0.29, 0.717) is 11.9 Å². The van der Waals surface area contributed by atoms with Crippen LogP contribution >= 0.6 is 0 Å². The highest BCUT2D eigenvalue weighted by atomic mass is 15.3. The number of nitrogen functional groups attached to an aromatic ring is 1. The Bertz CT molecular complexity index is 390. The molecule has 0 aliphatic carbocycles. The smallest absolute Gasteiger partial charge is 0.147 e. The zero-order valence-corrected chi connectivity index (χ0v) is 10.2. The summed E-state index contributed by atoms with van der Waals surface area (Å²) in [5, 5.41) is 0. The van der Waals surface area contributed by atoms with Gasteiger partial charge in [-0.1, -0.05) is 0 Å². The number of rotatable bonds is 1. The quantitative estimate of drug-likeness (QED) is 0.775. The van der Waals surface area contributed by atoms with Crippen molar-refractivity contribution in [1.82, 2.24) is 14.9 Å². The molecule has 1 aromatic rings. The van der Waals surface area contributed by atoms with E-state index in [-0.39, 0.29) is 0 Å². The summed E-state index contributed by atoms with van der Waals surface area (Å²) in [5.41, 5.74) is 5.57. The SMILES string of the molecule is CN1C2CCC1CN(c1cnc(N)cn1)CC2. The summed E-state index contributed by atoms with van der Waals surface area (Å²) in [6.07, 6.45) is 7.30. The molecule has 0 spiro atoms. The second-order valence-corrected chi connectivity index (χ2v) is 5.08. The highest BCUT2D eigenvalue weighted by Gasteiger charge is 2.34. The van der Waals surface area contributed by atoms with Gasteiger partial charge in [-0.15, -0.1) is 0 Å². The zero-order valence-electron chi connectivity index (χ0n) is 10.2. The summed E-state index contributed by atoms with van der Waals surface area (Å²) in [6.45, 7) is 2.13. The summed E-state index contributed by atoms with van der Waals surface area (Å²) in [6, 6.07) is 1.42. The summed E-state index contributed by atoms with van der Waals surface area (Å²) in [4.78, 5) is 13.4. The minimum atomic E-state index is 0.488. The van der Waals surface area contributed by atoms with Crippen molar-refractivity contribution in [2.75, 3.05) is 30.8 Å². The molecule has 17 heavy (non-hydrogen) atoms. The highest BCUT2D eigenvalue weighted by Crippen LogP contribution is 2.29. The molecule has 2 N–H and O–H groups in total. The average molecular weight is 233 g/mol. The van der Waals surface area contributed by atoms with Gasteiger partial charge in [-0.05, 0) is 26.3 Å². The summed E-state index contributed by atoms with van der Waals surface area (Å²) in [7, 11) is 2.25. The molecule has 1 aromatic heterocycles. The Morgan fingerprint density at radius 2 is 2.00 bits per heavy atom. The molecule has 5 heteroatoms. The van der Waals surface area contributed by atoms with Crippen molar-refractivity contribution in [3.05, 3.63) is 12.4 Å². The van der Waals surface area contributed by atoms with Gasteiger partial charge in [0, 0.05) is 25.2 Å². The molecule has 2 saturated heterocycles. The topological polar surface area (TPSA) is 58.3 Å². The van der Waals surface area contributed by atoms with Crippen molar-refractivity contribution >= 4 is 11.6 Å². The van der Waals surface area contributed by atoms with Crippen molar-refractivity contribution in [1.29, 1.82) is 0 Å². The van der Waals surface area contributed by atoms with Crippen LogP contribution in [0.4, 0.5) is 11.6 Å². The first-order valence-electron chi connectivity index (χ1n) is 6.28. The van der Waals surface area contributed by atoms with E-state index in [1.54, 1.807) is 12.4 Å². The Balaban J connectivity index is 1.79. The maximum Gasteiger partial charge on any atom is 0.147 e. The van der Waals surface area contributed by atoms with Gasteiger partial charge in [-0.2, -0.15) is 0 Å². The molecule has 3 heterocycles. The molecule has 0 amide bonds. The number of nitrogens with zero attached hydrogens (tertiary/aromatic N) is 4. The number of nitrogens with two attached hydrogens (primary N) is 1. The van der Waals surface area contributed by atoms with E-state index in [1.165, 1.54) is 19.3 Å². The summed E-state index contributed by atoms with van der Waals surface area (Å²) >= 11 is 0. The van der Waals surface area contributed by atoms with Gasteiger partial charge in [-0.3, -0.25) is 4.90 Å². The third kappa shape index (κ3) is 1.95. The lowest BCUT2D eigenvalue weighted by molar-refractivity contribution is 0.254. The molecule has 2 aliphatic heterocycles. The minimum Gasteiger partial charge on any atom is -0.382 e. The molecule has 0 aromatic carbocycles. The van der Waals surface area contributed by atoms with Crippen molar-refractivity contribution in [3.8, 4) is 0 Å². The monoisotopic (exact) mass is 233 g/mol. The zero-order chi connectivity index (χ0) is 11.8. The second kappa shape index (κ2) is 4.14. The number of hydrogen-bond acceptors (Lipinski definition) is 5. The van der Waals surface area contributed by atoms with Gasteiger partial charge in [0.2, 0.25) is 0 Å². The van der Waals surface area contributed by atoms with Crippen LogP contribution in [-0.4, -0.2) is 47.1 Å². The van der Waals surface area contributed by atoms with Gasteiger partial charge in [0.05, 0.1) is 12.4 Å². The molecular formula is C12H19N5. The van der Waals surface area contributed by atoms with Gasteiger partial charge in [0.15, 0.2) is 0 Å². The number of fused-ring (bicyclic) bond motifs is 2. The standard InChI is InChI=1S/C12H19N5/c1-16-9-2-3-10(16)8-17(5-4-9)12-7-14-11(13)6-15-12/h6-7,9-10H,2-5,8H2,1H3,(H2,13,14). The molecule has 2 bridgehead atoms. The Kier molecular flexibility index (Phi) is 2.63. The van der Waals surface area contributed by atoms with Crippen molar-refractivity contribution in [3.63, 3.8) is 0 Å². The van der Waals surface area contributed by atoms with Gasteiger partial charge in [-0.25, -0.2) is 9.97 Å². The lowest BCUT2D eigenvalue weighted by atomic mass is 10.1. The fraction of sp³-hybridized carbons (Fsp3) is 0.667. The van der Waals surface area contributed by atoms with Crippen LogP contribution in [0.5, 0.6) is 0 Å². The summed E-state index contributed by atoms with van der Waals surface area (Å²) in [5.74, 6) is 1.45.